The van der Waals surface area contributed by atoms with Crippen LogP contribution in [0.2, 0.25) is 0 Å². The molecule has 0 saturated heterocycles. The fraction of sp³-hybridized carbons (Fsp3) is 0. The Labute approximate surface area is 84.6 Å². The van der Waals surface area contributed by atoms with Crippen molar-refractivity contribution in [3.05, 3.63) is 0 Å². The van der Waals surface area contributed by atoms with Gasteiger partial charge in [-0.25, -0.2) is 0 Å². The predicted molar refractivity (Wildman–Crippen MR) is 0 cm³/mol. The van der Waals surface area contributed by atoms with Crippen LogP contribution in [0.15, 0.2) is 0 Å². The van der Waals surface area contributed by atoms with Crippen molar-refractivity contribution in [3.8, 4) is 0 Å². The molecule has 0 aliphatic rings. The molecule has 21 valence electrons. The predicted octanol–water partition coefficient (Wildman–Crippen LogP) is -0.0100. The van der Waals surface area contributed by atoms with Gasteiger partial charge in [0.15, 0.2) is 0 Å². The second-order valence-electron chi connectivity index (χ2n) is 0. The van der Waals surface area contributed by atoms with E-state index < -0.39 is 0 Å². The van der Waals surface area contributed by atoms with E-state index in [1.54, 1.807) is 0 Å². The van der Waals surface area contributed by atoms with Gasteiger partial charge >= 0.3 is 0 Å². The Hall–Kier alpha value is 2.81. The molecule has 0 aliphatic carbocycles. The summed E-state index contributed by atoms with van der Waals surface area (Å²) in [6.07, 6.45) is 0. The quantitative estimate of drug-likeness (QED) is 0.551. The maximum atomic E-state index is 0. The molecule has 0 saturated carbocycles. The van der Waals surface area contributed by atoms with Crippen LogP contribution in [0.4, 0.5) is 0 Å². The monoisotopic (exact) mass is 291 g/mol. The molecule has 0 fully saturated rings. The van der Waals surface area contributed by atoms with Gasteiger partial charge in [-0.1, -0.05) is 0 Å². The summed E-state index contributed by atoms with van der Waals surface area (Å²) in [5, 5.41) is 0. The third kappa shape index (κ3) is 8.84. The van der Waals surface area contributed by atoms with E-state index in [1.807, 2.05) is 0 Å². The maximum absolute atomic E-state index is 0. The van der Waals surface area contributed by atoms with Crippen LogP contribution < -0.4 is 0 Å². The molecule has 0 spiro atoms. The fourth-order valence-corrected chi connectivity index (χ4v) is 0. The summed E-state index contributed by atoms with van der Waals surface area (Å²) >= 11 is 0. The Morgan fingerprint density at radius 3 is 1.00 bits per heavy atom. The minimum atomic E-state index is 0. The second kappa shape index (κ2) is 17.0. The summed E-state index contributed by atoms with van der Waals surface area (Å²) in [5.74, 6) is 0. The number of hydrogen-bond donors (Lipinski definition) is 0. The van der Waals surface area contributed by atoms with E-state index >= 15 is 0 Å². The summed E-state index contributed by atoms with van der Waals surface area (Å²) in [7, 11) is 0. The first kappa shape index (κ1) is 29.1. The first-order valence-electron chi connectivity index (χ1n) is 0. The molecule has 4 heavy (non-hydrogen) atoms. The van der Waals surface area contributed by atoms with E-state index in [9.17, 15) is 0 Å². The van der Waals surface area contributed by atoms with Gasteiger partial charge in [-0.15, -0.1) is 0 Å². The summed E-state index contributed by atoms with van der Waals surface area (Å²) < 4.78 is 0. The molecular formula is MnMoTiZr. The molecule has 0 nitrogen and oxygen atoms in total. The minimum Gasteiger partial charge on any atom is 0 e. The van der Waals surface area contributed by atoms with Crippen molar-refractivity contribution in [2.45, 2.75) is 0 Å². The molecular weight excluding hydrogens is 290 g/mol. The van der Waals surface area contributed by atoms with Crippen LogP contribution in [0.1, 0.15) is 0 Å². The van der Waals surface area contributed by atoms with Gasteiger partial charge < -0.3 is 0 Å². The summed E-state index contributed by atoms with van der Waals surface area (Å²) in [6, 6.07) is 0. The standard InChI is InChI=1S/Mn.Mo.Ti.Zr. The molecule has 0 heterocycles. The van der Waals surface area contributed by atoms with Crippen molar-refractivity contribution in [2.24, 2.45) is 0 Å². The Kier molecular flexibility index (Phi) is 124. The molecule has 0 aromatic heterocycles. The molecule has 0 aliphatic heterocycles. The van der Waals surface area contributed by atoms with Crippen LogP contribution >= 0.6 is 0 Å². The summed E-state index contributed by atoms with van der Waals surface area (Å²) in [6.45, 7) is 0. The molecule has 4 heteroatoms. The van der Waals surface area contributed by atoms with Crippen molar-refractivity contribution < 1.29 is 86.1 Å². The van der Waals surface area contributed by atoms with Crippen molar-refractivity contribution in [1.82, 2.24) is 0 Å². The zero-order chi connectivity index (χ0) is 0. The van der Waals surface area contributed by atoms with Gasteiger partial charge in [0.1, 0.15) is 0 Å². The minimum absolute atomic E-state index is 0. The molecule has 0 unspecified atom stereocenters. The fourth-order valence-electron chi connectivity index (χ4n) is 0. The van der Waals surface area contributed by atoms with Gasteiger partial charge in [-0.3, -0.25) is 0 Å². The van der Waals surface area contributed by atoms with Crippen LogP contribution in [0.5, 0.6) is 0 Å². The van der Waals surface area contributed by atoms with Crippen LogP contribution in [0, 0.1) is 0 Å². The largest absolute Gasteiger partial charge is 0 e. The first-order chi connectivity index (χ1) is 0. The average Bonchev–Trinajstić information content (AvgIpc) is 0. The van der Waals surface area contributed by atoms with Crippen LogP contribution in [-0.2, 0) is 86.1 Å². The van der Waals surface area contributed by atoms with Crippen molar-refractivity contribution in [1.29, 1.82) is 0 Å². The molecule has 0 bridgehead atoms. The number of hydrogen-bond acceptors (Lipinski definition) is 0. The van der Waals surface area contributed by atoms with Gasteiger partial charge in [0.2, 0.25) is 0 Å². The summed E-state index contributed by atoms with van der Waals surface area (Å²) in [4.78, 5) is 0. The van der Waals surface area contributed by atoms with E-state index in [1.165, 1.54) is 0 Å². The number of rotatable bonds is 0. The normalized spacial score (nSPS) is 0. The first-order valence-corrected chi connectivity index (χ1v) is 0. The Morgan fingerprint density at radius 2 is 1.00 bits per heavy atom. The molecule has 0 rings (SSSR count). The van der Waals surface area contributed by atoms with Crippen molar-refractivity contribution in [3.63, 3.8) is 0 Å². The van der Waals surface area contributed by atoms with Gasteiger partial charge in [0, 0.05) is 86.1 Å². The average molecular weight is 290 g/mol. The second-order valence-corrected chi connectivity index (χ2v) is 0. The SMILES string of the molecule is [Mn].[Mo].[Ti].[Zr]. The third-order valence-corrected chi connectivity index (χ3v) is 0. The Balaban J connectivity index is 0. The molecule has 1 radical (unpaired) electrons. The van der Waals surface area contributed by atoms with E-state index in [0.717, 1.165) is 0 Å². The van der Waals surface area contributed by atoms with Crippen molar-refractivity contribution >= 4 is 0 Å². The third-order valence-electron chi connectivity index (χ3n) is 0. The van der Waals surface area contributed by atoms with Gasteiger partial charge in [0.05, 0.1) is 0 Å². The molecule has 0 aromatic carbocycles. The van der Waals surface area contributed by atoms with Gasteiger partial charge in [0.25, 0.3) is 0 Å². The van der Waals surface area contributed by atoms with Crippen LogP contribution in [0.25, 0.3) is 0 Å². The van der Waals surface area contributed by atoms with E-state index in [2.05, 4.69) is 0 Å². The summed E-state index contributed by atoms with van der Waals surface area (Å²) in [5.41, 5.74) is 0. The molecule has 0 amide bonds. The smallest absolute Gasteiger partial charge is 0 e. The van der Waals surface area contributed by atoms with E-state index in [0.29, 0.717) is 0 Å². The molecule has 0 atom stereocenters. The van der Waals surface area contributed by atoms with Crippen LogP contribution in [-0.4, -0.2) is 0 Å². The van der Waals surface area contributed by atoms with E-state index in [4.69, 9.17) is 0 Å². The van der Waals surface area contributed by atoms with E-state index in [-0.39, 0.29) is 86.1 Å². The zero-order valence-corrected chi connectivity index (χ0v) is 8.99. The van der Waals surface area contributed by atoms with Gasteiger partial charge in [-0.2, -0.15) is 0 Å². The molecule has 0 aromatic rings. The molecule has 0 N–H and O–H groups in total. The van der Waals surface area contributed by atoms with Crippen molar-refractivity contribution in [2.75, 3.05) is 0 Å². The topological polar surface area (TPSA) is 0 Å². The Bertz CT molecular complexity index is 8.00. The Morgan fingerprint density at radius 1 is 1.00 bits per heavy atom. The van der Waals surface area contributed by atoms with Gasteiger partial charge in [-0.05, 0) is 0 Å². The van der Waals surface area contributed by atoms with Crippen LogP contribution in [0.3, 0.4) is 0 Å². The maximum Gasteiger partial charge on any atom is 0 e. The zero-order valence-electron chi connectivity index (χ0n) is 1.79.